The van der Waals surface area contributed by atoms with Crippen LogP contribution in [-0.4, -0.2) is 48.1 Å². The summed E-state index contributed by atoms with van der Waals surface area (Å²) in [5, 5.41) is 0. The zero-order chi connectivity index (χ0) is 14.9. The third-order valence-corrected chi connectivity index (χ3v) is 5.35. The summed E-state index contributed by atoms with van der Waals surface area (Å²) < 4.78 is 0. The summed E-state index contributed by atoms with van der Waals surface area (Å²) in [4.78, 5) is 7.96. The van der Waals surface area contributed by atoms with Crippen LogP contribution in [0.25, 0.3) is 0 Å². The van der Waals surface area contributed by atoms with Gasteiger partial charge in [0, 0.05) is 54.1 Å². The number of hydrogen-bond acceptors (Lipinski definition) is 4. The van der Waals surface area contributed by atoms with Crippen LogP contribution in [0.5, 0.6) is 0 Å². The van der Waals surface area contributed by atoms with Crippen molar-refractivity contribution in [2.75, 3.05) is 32.7 Å². The van der Waals surface area contributed by atoms with Gasteiger partial charge >= 0.3 is 0 Å². The molecule has 0 spiro atoms. The van der Waals surface area contributed by atoms with Gasteiger partial charge < -0.3 is 5.73 Å². The van der Waals surface area contributed by atoms with Crippen molar-refractivity contribution in [1.29, 1.82) is 0 Å². The van der Waals surface area contributed by atoms with E-state index in [1.165, 1.54) is 15.3 Å². The van der Waals surface area contributed by atoms with Crippen molar-refractivity contribution in [3.63, 3.8) is 0 Å². The molecule has 1 aromatic heterocycles. The fraction of sp³-hybridized carbons (Fsp3) is 0.750. The summed E-state index contributed by atoms with van der Waals surface area (Å²) in [5.74, 6) is 0. The Hall–Kier alpha value is -0.420. The normalized spacial score (nSPS) is 20.3. The predicted molar refractivity (Wildman–Crippen MR) is 88.5 cm³/mol. The van der Waals surface area contributed by atoms with Gasteiger partial charge in [-0.15, -0.1) is 11.3 Å². The molecule has 3 nitrogen and oxygen atoms in total. The van der Waals surface area contributed by atoms with Gasteiger partial charge in [-0.2, -0.15) is 0 Å². The number of nitrogens with two attached hydrogens (primary N) is 1. The Bertz CT molecular complexity index is 439. The second kappa shape index (κ2) is 6.14. The van der Waals surface area contributed by atoms with Gasteiger partial charge in [0.2, 0.25) is 0 Å². The average molecular weight is 295 g/mol. The first kappa shape index (κ1) is 16.0. The molecule has 4 heteroatoms. The van der Waals surface area contributed by atoms with Crippen LogP contribution in [0.4, 0.5) is 0 Å². The fourth-order valence-corrected chi connectivity index (χ4v) is 4.14. The molecule has 2 rings (SSSR count). The zero-order valence-corrected chi connectivity index (χ0v) is 14.4. The van der Waals surface area contributed by atoms with Crippen LogP contribution in [0.2, 0.25) is 0 Å². The van der Waals surface area contributed by atoms with E-state index < -0.39 is 0 Å². The average Bonchev–Trinajstić information content (AvgIpc) is 2.69. The third kappa shape index (κ3) is 3.42. The lowest BCUT2D eigenvalue weighted by Crippen LogP contribution is -2.54. The third-order valence-electron chi connectivity index (χ3n) is 4.37. The van der Waals surface area contributed by atoms with E-state index in [1.54, 1.807) is 0 Å². The lowest BCUT2D eigenvalue weighted by atomic mass is 10.0. The first-order valence-electron chi connectivity index (χ1n) is 7.59. The maximum absolute atomic E-state index is 6.08. The highest BCUT2D eigenvalue weighted by Gasteiger charge is 2.30. The Labute approximate surface area is 127 Å². The molecule has 0 aromatic carbocycles. The van der Waals surface area contributed by atoms with Crippen LogP contribution in [0.15, 0.2) is 6.07 Å². The maximum atomic E-state index is 6.08. The molecule has 0 amide bonds. The molecule has 1 atom stereocenters. The van der Waals surface area contributed by atoms with E-state index in [9.17, 15) is 0 Å². The number of rotatable bonds is 3. The van der Waals surface area contributed by atoms with E-state index in [-0.39, 0.29) is 5.54 Å². The zero-order valence-electron chi connectivity index (χ0n) is 13.6. The molecular weight excluding hydrogens is 266 g/mol. The summed E-state index contributed by atoms with van der Waals surface area (Å²) in [6.07, 6.45) is 0. The molecule has 2 heterocycles. The van der Waals surface area contributed by atoms with Crippen molar-refractivity contribution >= 4 is 11.3 Å². The lowest BCUT2D eigenvalue weighted by molar-refractivity contribution is 0.0433. The molecule has 1 aliphatic heterocycles. The molecular formula is C16H29N3S. The van der Waals surface area contributed by atoms with E-state index in [0.717, 1.165) is 26.2 Å². The van der Waals surface area contributed by atoms with Crippen molar-refractivity contribution in [1.82, 2.24) is 9.80 Å². The first-order valence-corrected chi connectivity index (χ1v) is 8.40. The van der Waals surface area contributed by atoms with Gasteiger partial charge in [0.1, 0.15) is 0 Å². The van der Waals surface area contributed by atoms with Crippen LogP contribution in [0.3, 0.4) is 0 Å². The van der Waals surface area contributed by atoms with Crippen LogP contribution in [0.1, 0.15) is 42.1 Å². The highest BCUT2D eigenvalue weighted by Crippen LogP contribution is 2.30. The quantitative estimate of drug-likeness (QED) is 0.930. The Balaban J connectivity index is 2.06. The Morgan fingerprint density at radius 1 is 1.20 bits per heavy atom. The van der Waals surface area contributed by atoms with E-state index in [2.05, 4.69) is 50.5 Å². The van der Waals surface area contributed by atoms with Gasteiger partial charge in [-0.3, -0.25) is 9.80 Å². The number of hydrogen-bond donors (Lipinski definition) is 1. The van der Waals surface area contributed by atoms with Gasteiger partial charge in [0.15, 0.2) is 0 Å². The summed E-state index contributed by atoms with van der Waals surface area (Å²) >= 11 is 1.89. The molecule has 0 aliphatic carbocycles. The minimum atomic E-state index is 0.277. The molecule has 0 radical (unpaired) electrons. The highest BCUT2D eigenvalue weighted by molar-refractivity contribution is 7.12. The van der Waals surface area contributed by atoms with Crippen LogP contribution in [-0.2, 0) is 0 Å². The van der Waals surface area contributed by atoms with Crippen molar-refractivity contribution in [3.8, 4) is 0 Å². The van der Waals surface area contributed by atoms with E-state index in [4.69, 9.17) is 5.73 Å². The monoisotopic (exact) mass is 295 g/mol. The molecule has 20 heavy (non-hydrogen) atoms. The lowest BCUT2D eigenvalue weighted by Gasteiger charge is -2.44. The summed E-state index contributed by atoms with van der Waals surface area (Å²) in [5.41, 5.74) is 7.80. The van der Waals surface area contributed by atoms with Gasteiger partial charge in [-0.25, -0.2) is 0 Å². The second-order valence-corrected chi connectivity index (χ2v) is 8.27. The topological polar surface area (TPSA) is 32.5 Å². The number of nitrogens with zero attached hydrogens (tertiary/aromatic N) is 2. The second-order valence-electron chi connectivity index (χ2n) is 6.81. The molecule has 2 N–H and O–H groups in total. The van der Waals surface area contributed by atoms with Crippen LogP contribution >= 0.6 is 11.3 Å². The van der Waals surface area contributed by atoms with Gasteiger partial charge in [-0.05, 0) is 46.2 Å². The van der Waals surface area contributed by atoms with Gasteiger partial charge in [-0.1, -0.05) is 0 Å². The standard InChI is InChI=1S/C16H29N3S/c1-12-10-14(13(2)20-12)15(11-17)18-6-8-19(9-7-18)16(3,4)5/h10,15H,6-9,11,17H2,1-5H3. The van der Waals surface area contributed by atoms with Crippen LogP contribution in [0, 0.1) is 13.8 Å². The summed E-state index contributed by atoms with van der Waals surface area (Å²) in [7, 11) is 0. The first-order chi connectivity index (χ1) is 9.32. The van der Waals surface area contributed by atoms with Crippen molar-refractivity contribution in [2.24, 2.45) is 5.73 Å². The van der Waals surface area contributed by atoms with E-state index in [0.29, 0.717) is 12.6 Å². The number of piperazine rings is 1. The SMILES string of the molecule is Cc1cc(C(CN)N2CCN(C(C)(C)C)CC2)c(C)s1. The van der Waals surface area contributed by atoms with Crippen molar-refractivity contribution in [2.45, 2.75) is 46.2 Å². The molecule has 1 saturated heterocycles. The predicted octanol–water partition coefficient (Wildman–Crippen LogP) is 2.78. The molecule has 1 unspecified atom stereocenters. The summed E-state index contributed by atoms with van der Waals surface area (Å²) in [6.45, 7) is 16.5. The van der Waals surface area contributed by atoms with Crippen molar-refractivity contribution < 1.29 is 0 Å². The number of aryl methyl sites for hydroxylation is 2. The maximum Gasteiger partial charge on any atom is 0.0482 e. The highest BCUT2D eigenvalue weighted by atomic mass is 32.1. The Morgan fingerprint density at radius 2 is 1.80 bits per heavy atom. The van der Waals surface area contributed by atoms with E-state index in [1.807, 2.05) is 11.3 Å². The molecule has 0 saturated carbocycles. The van der Waals surface area contributed by atoms with E-state index >= 15 is 0 Å². The minimum Gasteiger partial charge on any atom is -0.329 e. The molecule has 0 bridgehead atoms. The van der Waals surface area contributed by atoms with Crippen molar-refractivity contribution in [3.05, 3.63) is 21.4 Å². The molecule has 1 aromatic rings. The smallest absolute Gasteiger partial charge is 0.0482 e. The van der Waals surface area contributed by atoms with Crippen LogP contribution < -0.4 is 5.73 Å². The number of thiophene rings is 1. The van der Waals surface area contributed by atoms with Gasteiger partial charge in [0.05, 0.1) is 0 Å². The largest absolute Gasteiger partial charge is 0.329 e. The fourth-order valence-electron chi connectivity index (χ4n) is 3.16. The molecule has 1 aliphatic rings. The minimum absolute atomic E-state index is 0.277. The molecule has 1 fully saturated rings. The Kier molecular flexibility index (Phi) is 4.90. The van der Waals surface area contributed by atoms with Gasteiger partial charge in [0.25, 0.3) is 0 Å². The molecule has 114 valence electrons. The summed E-state index contributed by atoms with van der Waals surface area (Å²) in [6, 6.07) is 2.72. The Morgan fingerprint density at radius 3 is 2.20 bits per heavy atom.